The number of aromatic nitrogens is 1. The number of nitrogens with one attached hydrogen (secondary N) is 2. The Labute approximate surface area is 107 Å². The van der Waals surface area contributed by atoms with E-state index in [0.717, 1.165) is 18.5 Å². The second-order valence-corrected chi connectivity index (χ2v) is 4.56. The van der Waals surface area contributed by atoms with Gasteiger partial charge in [0, 0.05) is 24.8 Å². The van der Waals surface area contributed by atoms with Gasteiger partial charge in [-0.3, -0.25) is 4.79 Å². The van der Waals surface area contributed by atoms with Crippen molar-refractivity contribution in [2.24, 2.45) is 5.92 Å². The van der Waals surface area contributed by atoms with E-state index in [1.54, 1.807) is 19.4 Å². The van der Waals surface area contributed by atoms with Gasteiger partial charge in [-0.05, 0) is 25.5 Å². The lowest BCUT2D eigenvalue weighted by Gasteiger charge is -2.14. The number of methoxy groups -OCH3 is 1. The average molecular weight is 249 g/mol. The Hall–Kier alpha value is -1.62. The second-order valence-electron chi connectivity index (χ2n) is 4.56. The molecule has 1 amide bonds. The van der Waals surface area contributed by atoms with Gasteiger partial charge in [0.2, 0.25) is 11.8 Å². The molecule has 0 saturated carbocycles. The standard InChI is InChI=1S/C13H19N3O2/c1-9-11(5-6-14-9)13(17)16-8-10-3-4-12(18-2)15-7-10/h3-4,7,9,11,14H,5-6,8H2,1-2H3,(H,16,17). The van der Waals surface area contributed by atoms with E-state index in [9.17, 15) is 4.79 Å². The molecule has 0 aliphatic carbocycles. The van der Waals surface area contributed by atoms with Crippen molar-refractivity contribution >= 4 is 5.91 Å². The molecule has 2 N–H and O–H groups in total. The molecule has 2 atom stereocenters. The first-order valence-electron chi connectivity index (χ1n) is 6.20. The Morgan fingerprint density at radius 2 is 2.44 bits per heavy atom. The largest absolute Gasteiger partial charge is 0.481 e. The van der Waals surface area contributed by atoms with E-state index >= 15 is 0 Å². The molecular formula is C13H19N3O2. The molecule has 1 aromatic rings. The summed E-state index contributed by atoms with van der Waals surface area (Å²) >= 11 is 0. The highest BCUT2D eigenvalue weighted by Gasteiger charge is 2.28. The molecule has 5 heteroatoms. The molecule has 2 unspecified atom stereocenters. The van der Waals surface area contributed by atoms with Crippen molar-refractivity contribution in [3.63, 3.8) is 0 Å². The number of rotatable bonds is 4. The third kappa shape index (κ3) is 2.98. The number of hydrogen-bond donors (Lipinski definition) is 2. The highest BCUT2D eigenvalue weighted by molar-refractivity contribution is 5.79. The molecule has 1 aliphatic heterocycles. The molecule has 98 valence electrons. The molecule has 1 aliphatic rings. The van der Waals surface area contributed by atoms with Crippen molar-refractivity contribution in [1.29, 1.82) is 0 Å². The van der Waals surface area contributed by atoms with Crippen LogP contribution in [0.3, 0.4) is 0 Å². The van der Waals surface area contributed by atoms with Gasteiger partial charge in [0.05, 0.1) is 13.0 Å². The summed E-state index contributed by atoms with van der Waals surface area (Å²) in [4.78, 5) is 16.1. The maximum absolute atomic E-state index is 12.0. The van der Waals surface area contributed by atoms with Crippen molar-refractivity contribution < 1.29 is 9.53 Å². The van der Waals surface area contributed by atoms with Gasteiger partial charge in [-0.15, -0.1) is 0 Å². The van der Waals surface area contributed by atoms with Crippen LogP contribution in [0.5, 0.6) is 5.88 Å². The van der Waals surface area contributed by atoms with Crippen LogP contribution in [0, 0.1) is 5.92 Å². The predicted octanol–water partition coefficient (Wildman–Crippen LogP) is 0.704. The van der Waals surface area contributed by atoms with Crippen molar-refractivity contribution in [2.75, 3.05) is 13.7 Å². The number of hydrogen-bond acceptors (Lipinski definition) is 4. The summed E-state index contributed by atoms with van der Waals surface area (Å²) in [5, 5.41) is 6.22. The maximum Gasteiger partial charge on any atom is 0.224 e. The summed E-state index contributed by atoms with van der Waals surface area (Å²) in [6.45, 7) is 3.48. The van der Waals surface area contributed by atoms with Gasteiger partial charge >= 0.3 is 0 Å². The molecule has 0 radical (unpaired) electrons. The first kappa shape index (κ1) is 12.8. The molecule has 1 fully saturated rings. The molecule has 0 bridgehead atoms. The number of amides is 1. The van der Waals surface area contributed by atoms with Crippen LogP contribution in [0.4, 0.5) is 0 Å². The van der Waals surface area contributed by atoms with Crippen LogP contribution in [-0.4, -0.2) is 30.6 Å². The summed E-state index contributed by atoms with van der Waals surface area (Å²) in [6.07, 6.45) is 2.63. The van der Waals surface area contributed by atoms with Gasteiger partial charge in [-0.25, -0.2) is 4.98 Å². The van der Waals surface area contributed by atoms with Crippen LogP contribution >= 0.6 is 0 Å². The average Bonchev–Trinajstić information content (AvgIpc) is 2.83. The second kappa shape index (κ2) is 5.82. The van der Waals surface area contributed by atoms with Gasteiger partial charge in [-0.1, -0.05) is 6.07 Å². The molecule has 0 aromatic carbocycles. The lowest BCUT2D eigenvalue weighted by atomic mass is 10.0. The number of ether oxygens (including phenoxy) is 1. The summed E-state index contributed by atoms with van der Waals surface area (Å²) in [5.74, 6) is 0.776. The number of carbonyl (C=O) groups excluding carboxylic acids is 1. The number of nitrogens with zero attached hydrogens (tertiary/aromatic N) is 1. The normalized spacial score (nSPS) is 22.8. The number of pyridine rings is 1. The van der Waals surface area contributed by atoms with E-state index < -0.39 is 0 Å². The molecule has 5 nitrogen and oxygen atoms in total. The Morgan fingerprint density at radius 1 is 1.61 bits per heavy atom. The Morgan fingerprint density at radius 3 is 3.00 bits per heavy atom. The summed E-state index contributed by atoms with van der Waals surface area (Å²) in [5.41, 5.74) is 0.975. The zero-order valence-corrected chi connectivity index (χ0v) is 10.8. The predicted molar refractivity (Wildman–Crippen MR) is 68.2 cm³/mol. The minimum absolute atomic E-state index is 0.0798. The summed E-state index contributed by atoms with van der Waals surface area (Å²) in [6, 6.07) is 3.96. The van der Waals surface area contributed by atoms with Crippen molar-refractivity contribution in [1.82, 2.24) is 15.6 Å². The fraction of sp³-hybridized carbons (Fsp3) is 0.538. The monoisotopic (exact) mass is 249 g/mol. The van der Waals surface area contributed by atoms with E-state index in [2.05, 4.69) is 15.6 Å². The first-order chi connectivity index (χ1) is 8.70. The first-order valence-corrected chi connectivity index (χ1v) is 6.20. The Kier molecular flexibility index (Phi) is 4.15. The third-order valence-corrected chi connectivity index (χ3v) is 3.34. The minimum atomic E-state index is 0.0798. The quantitative estimate of drug-likeness (QED) is 0.824. The third-order valence-electron chi connectivity index (χ3n) is 3.34. The lowest BCUT2D eigenvalue weighted by molar-refractivity contribution is -0.125. The van der Waals surface area contributed by atoms with Crippen LogP contribution in [0.1, 0.15) is 18.9 Å². The van der Waals surface area contributed by atoms with Crippen molar-refractivity contribution in [3.8, 4) is 5.88 Å². The molecule has 1 saturated heterocycles. The SMILES string of the molecule is COc1ccc(CNC(=O)C2CCNC2C)cn1. The van der Waals surface area contributed by atoms with E-state index in [1.165, 1.54) is 0 Å². The smallest absolute Gasteiger partial charge is 0.224 e. The van der Waals surface area contributed by atoms with Crippen LogP contribution in [0.25, 0.3) is 0 Å². The fourth-order valence-corrected chi connectivity index (χ4v) is 2.17. The van der Waals surface area contributed by atoms with E-state index in [4.69, 9.17) is 4.74 Å². The molecule has 0 spiro atoms. The highest BCUT2D eigenvalue weighted by Crippen LogP contribution is 2.15. The van der Waals surface area contributed by atoms with Crippen molar-refractivity contribution in [3.05, 3.63) is 23.9 Å². The zero-order chi connectivity index (χ0) is 13.0. The lowest BCUT2D eigenvalue weighted by Crippen LogP contribution is -2.36. The van der Waals surface area contributed by atoms with Crippen LogP contribution in [0.2, 0.25) is 0 Å². The topological polar surface area (TPSA) is 63.2 Å². The molecule has 2 heterocycles. The zero-order valence-electron chi connectivity index (χ0n) is 10.8. The Balaban J connectivity index is 1.85. The fourth-order valence-electron chi connectivity index (χ4n) is 2.17. The molecule has 2 rings (SSSR count). The van der Waals surface area contributed by atoms with Gasteiger partial charge in [0.1, 0.15) is 0 Å². The summed E-state index contributed by atoms with van der Waals surface area (Å²) < 4.78 is 4.98. The van der Waals surface area contributed by atoms with E-state index in [-0.39, 0.29) is 17.9 Å². The molecule has 1 aromatic heterocycles. The van der Waals surface area contributed by atoms with Crippen molar-refractivity contribution in [2.45, 2.75) is 25.9 Å². The molecule has 18 heavy (non-hydrogen) atoms. The summed E-state index contributed by atoms with van der Waals surface area (Å²) in [7, 11) is 1.58. The van der Waals surface area contributed by atoms with Gasteiger partial charge in [-0.2, -0.15) is 0 Å². The molecular weight excluding hydrogens is 230 g/mol. The van der Waals surface area contributed by atoms with Crippen LogP contribution in [-0.2, 0) is 11.3 Å². The minimum Gasteiger partial charge on any atom is -0.481 e. The number of carbonyl (C=O) groups is 1. The van der Waals surface area contributed by atoms with Crippen LogP contribution < -0.4 is 15.4 Å². The highest BCUT2D eigenvalue weighted by atomic mass is 16.5. The van der Waals surface area contributed by atoms with E-state index in [0.29, 0.717) is 12.4 Å². The van der Waals surface area contributed by atoms with E-state index in [1.807, 2.05) is 13.0 Å². The van der Waals surface area contributed by atoms with Gasteiger partial charge in [0.15, 0.2) is 0 Å². The van der Waals surface area contributed by atoms with Crippen LogP contribution in [0.15, 0.2) is 18.3 Å². The maximum atomic E-state index is 12.0. The van der Waals surface area contributed by atoms with Gasteiger partial charge < -0.3 is 15.4 Å². The Bertz CT molecular complexity index is 405. The van der Waals surface area contributed by atoms with Gasteiger partial charge in [0.25, 0.3) is 0 Å².